The van der Waals surface area contributed by atoms with Crippen molar-refractivity contribution in [2.45, 2.75) is 32.8 Å². The minimum Gasteiger partial charge on any atom is -0.493 e. The van der Waals surface area contributed by atoms with Crippen LogP contribution in [0.5, 0.6) is 5.75 Å². The maximum Gasteiger partial charge on any atom is 0.284 e. The van der Waals surface area contributed by atoms with Crippen LogP contribution in [0.1, 0.15) is 36.3 Å². The topological polar surface area (TPSA) is 137 Å². The molecule has 0 unspecified atom stereocenters. The molecule has 5 rings (SSSR count). The minimum absolute atomic E-state index is 0.0433. The summed E-state index contributed by atoms with van der Waals surface area (Å²) in [4.78, 5) is 35.3. The smallest absolute Gasteiger partial charge is 0.284 e. The van der Waals surface area contributed by atoms with E-state index in [-0.39, 0.29) is 18.0 Å². The van der Waals surface area contributed by atoms with E-state index in [1.807, 2.05) is 18.2 Å². The van der Waals surface area contributed by atoms with Gasteiger partial charge in [0.25, 0.3) is 11.5 Å². The van der Waals surface area contributed by atoms with E-state index in [9.17, 15) is 19.1 Å². The summed E-state index contributed by atoms with van der Waals surface area (Å²) in [6.07, 6.45) is 1.82. The van der Waals surface area contributed by atoms with Gasteiger partial charge in [-0.15, -0.1) is 0 Å². The quantitative estimate of drug-likeness (QED) is 0.215. The summed E-state index contributed by atoms with van der Waals surface area (Å²) >= 11 is 0. The zero-order valence-corrected chi connectivity index (χ0v) is 24.8. The van der Waals surface area contributed by atoms with Crippen LogP contribution in [0.2, 0.25) is 0 Å². The van der Waals surface area contributed by atoms with Gasteiger partial charge in [-0.3, -0.25) is 14.3 Å². The lowest BCUT2D eigenvalue weighted by atomic mass is 10.1. The molecule has 0 aliphatic heterocycles. The first-order valence-corrected chi connectivity index (χ1v) is 14.0. The van der Waals surface area contributed by atoms with Crippen LogP contribution < -0.4 is 21.3 Å². The maximum absolute atomic E-state index is 14.4. The second-order valence-electron chi connectivity index (χ2n) is 11.0. The summed E-state index contributed by atoms with van der Waals surface area (Å²) < 4.78 is 23.2. The average Bonchev–Trinajstić information content (AvgIpc) is 3.20. The van der Waals surface area contributed by atoms with E-state index in [0.717, 1.165) is 0 Å². The van der Waals surface area contributed by atoms with E-state index in [2.05, 4.69) is 15.3 Å². The highest BCUT2D eigenvalue weighted by Gasteiger charge is 2.22. The number of ether oxygens (including phenoxy) is 1. The predicted octanol–water partition coefficient (Wildman–Crippen LogP) is 5.12. The highest BCUT2D eigenvalue weighted by molar-refractivity contribution is 6.05. The Labute approximate surface area is 253 Å². The monoisotopic (exact) mass is 596 g/mol. The molecule has 3 aromatic carbocycles. The summed E-state index contributed by atoms with van der Waals surface area (Å²) in [5, 5.41) is 12.7. The van der Waals surface area contributed by atoms with Crippen molar-refractivity contribution in [2.24, 2.45) is 7.05 Å². The lowest BCUT2D eigenvalue weighted by Crippen LogP contribution is -2.25. The van der Waals surface area contributed by atoms with Crippen LogP contribution in [0.3, 0.4) is 0 Å². The number of benzene rings is 3. The van der Waals surface area contributed by atoms with Crippen LogP contribution in [0, 0.1) is 12.7 Å². The third-order valence-electron chi connectivity index (χ3n) is 7.15. The first-order valence-electron chi connectivity index (χ1n) is 14.0. The van der Waals surface area contributed by atoms with Crippen molar-refractivity contribution in [3.8, 4) is 34.0 Å². The third-order valence-corrected chi connectivity index (χ3v) is 7.15. The summed E-state index contributed by atoms with van der Waals surface area (Å²) in [6, 6.07) is 20.1. The van der Waals surface area contributed by atoms with Gasteiger partial charge in [-0.1, -0.05) is 30.3 Å². The normalized spacial score (nSPS) is 11.4. The molecule has 0 bridgehead atoms. The van der Waals surface area contributed by atoms with E-state index in [1.165, 1.54) is 23.0 Å². The summed E-state index contributed by atoms with van der Waals surface area (Å²) in [7, 11) is 1.73. The highest BCUT2D eigenvalue weighted by atomic mass is 19.1. The number of rotatable bonds is 9. The van der Waals surface area contributed by atoms with Gasteiger partial charge in [0.1, 0.15) is 28.6 Å². The molecule has 0 saturated heterocycles. The number of aromatic nitrogens is 4. The van der Waals surface area contributed by atoms with Gasteiger partial charge < -0.3 is 20.9 Å². The molecule has 5 aromatic rings. The molecular formula is C33H33FN6O4. The number of hydrogen-bond acceptors (Lipinski definition) is 7. The Morgan fingerprint density at radius 2 is 1.77 bits per heavy atom. The first-order chi connectivity index (χ1) is 20.9. The lowest BCUT2D eigenvalue weighted by Gasteiger charge is -2.17. The molecule has 2 heterocycles. The van der Waals surface area contributed by atoms with E-state index in [4.69, 9.17) is 10.5 Å². The van der Waals surface area contributed by atoms with Gasteiger partial charge in [0.05, 0.1) is 35.5 Å². The minimum atomic E-state index is -0.906. The fourth-order valence-electron chi connectivity index (χ4n) is 4.70. The lowest BCUT2D eigenvalue weighted by molar-refractivity contribution is 0.0553. The fourth-order valence-corrected chi connectivity index (χ4v) is 4.70. The molecule has 1 amide bonds. The molecule has 0 fully saturated rings. The van der Waals surface area contributed by atoms with Crippen LogP contribution in [-0.2, 0) is 7.05 Å². The van der Waals surface area contributed by atoms with Gasteiger partial charge in [-0.25, -0.2) is 19.0 Å². The molecule has 0 spiro atoms. The van der Waals surface area contributed by atoms with Crippen LogP contribution in [0.4, 0.5) is 15.9 Å². The molecule has 0 aliphatic rings. The number of carbonyl (C=O) groups excluding carboxylic acids is 1. The Bertz CT molecular complexity index is 1880. The molecular weight excluding hydrogens is 563 g/mol. The molecule has 44 heavy (non-hydrogen) atoms. The Kier molecular flexibility index (Phi) is 8.32. The number of nitrogen functional groups attached to an aromatic ring is 1. The number of hydrogen-bond donors (Lipinski definition) is 3. The first kappa shape index (κ1) is 30.2. The summed E-state index contributed by atoms with van der Waals surface area (Å²) in [5.41, 5.74) is 8.33. The van der Waals surface area contributed by atoms with Crippen molar-refractivity contribution in [1.29, 1.82) is 0 Å². The number of para-hydroxylation sites is 1. The van der Waals surface area contributed by atoms with Crippen LogP contribution >= 0.6 is 0 Å². The molecule has 2 aromatic heterocycles. The third kappa shape index (κ3) is 6.52. The van der Waals surface area contributed by atoms with Crippen LogP contribution in [0.15, 0.2) is 83.8 Å². The van der Waals surface area contributed by atoms with Gasteiger partial charge in [0.15, 0.2) is 0 Å². The standard InChI is InChI=1S/C33H33FN6O4/c1-20-28(32(42)40(39(20)4)25-8-6-5-7-9-25)31(41)37-24-12-10-21(11-13-24)29-30(35)36-19-27(38-29)22-16-23(34)18-26(17-22)44-15-14-33(2,3)43/h5-13,16-19,43H,14-15H2,1-4H3,(H2,35,36)(H,37,41). The summed E-state index contributed by atoms with van der Waals surface area (Å²) in [5.74, 6) is -0.567. The van der Waals surface area contributed by atoms with Gasteiger partial charge in [0, 0.05) is 36.3 Å². The zero-order chi connectivity index (χ0) is 31.6. The summed E-state index contributed by atoms with van der Waals surface area (Å²) in [6.45, 7) is 5.27. The van der Waals surface area contributed by atoms with Crippen molar-refractivity contribution in [3.05, 3.63) is 106 Å². The van der Waals surface area contributed by atoms with Gasteiger partial charge in [-0.05, 0) is 57.2 Å². The number of halogens is 1. The molecule has 0 aliphatic carbocycles. The van der Waals surface area contributed by atoms with Crippen molar-refractivity contribution in [1.82, 2.24) is 19.3 Å². The van der Waals surface area contributed by atoms with E-state index < -0.39 is 22.9 Å². The molecule has 0 saturated carbocycles. The fraction of sp³-hybridized carbons (Fsp3) is 0.212. The van der Waals surface area contributed by atoms with Crippen molar-refractivity contribution < 1.29 is 19.0 Å². The second-order valence-corrected chi connectivity index (χ2v) is 11.0. The SMILES string of the molecule is Cc1c(C(=O)Nc2ccc(-c3nc(-c4cc(F)cc(OCCC(C)(C)O)c4)cnc3N)cc2)c(=O)n(-c2ccccc2)n1C. The molecule has 226 valence electrons. The molecule has 0 atom stereocenters. The molecule has 0 radical (unpaired) electrons. The Morgan fingerprint density at radius 3 is 2.45 bits per heavy atom. The Balaban J connectivity index is 1.36. The van der Waals surface area contributed by atoms with E-state index in [0.29, 0.717) is 51.8 Å². The zero-order valence-electron chi connectivity index (χ0n) is 24.8. The Morgan fingerprint density at radius 1 is 1.07 bits per heavy atom. The van der Waals surface area contributed by atoms with Crippen LogP contribution in [0.25, 0.3) is 28.2 Å². The van der Waals surface area contributed by atoms with Crippen LogP contribution in [-0.4, -0.2) is 42.6 Å². The maximum atomic E-state index is 14.4. The Hall–Kier alpha value is -5.29. The number of nitrogens with two attached hydrogens (primary N) is 1. The van der Waals surface area contributed by atoms with Crippen molar-refractivity contribution >= 4 is 17.4 Å². The highest BCUT2D eigenvalue weighted by Crippen LogP contribution is 2.30. The number of aliphatic hydroxyl groups is 1. The van der Waals surface area contributed by atoms with Gasteiger partial charge >= 0.3 is 0 Å². The number of carbonyl (C=O) groups is 1. The van der Waals surface area contributed by atoms with Crippen molar-refractivity contribution in [3.63, 3.8) is 0 Å². The molecule has 4 N–H and O–H groups in total. The largest absolute Gasteiger partial charge is 0.493 e. The van der Waals surface area contributed by atoms with Gasteiger partial charge in [0.2, 0.25) is 0 Å². The predicted molar refractivity (Wildman–Crippen MR) is 167 cm³/mol. The number of amides is 1. The second kappa shape index (κ2) is 12.1. The van der Waals surface area contributed by atoms with E-state index in [1.54, 1.807) is 75.0 Å². The number of nitrogens with one attached hydrogen (secondary N) is 1. The average molecular weight is 597 g/mol. The molecule has 10 nitrogen and oxygen atoms in total. The van der Waals surface area contributed by atoms with Crippen molar-refractivity contribution in [2.75, 3.05) is 17.7 Å². The number of nitrogens with zero attached hydrogens (tertiary/aromatic N) is 4. The molecule has 11 heteroatoms. The van der Waals surface area contributed by atoms with E-state index >= 15 is 0 Å². The number of anilines is 2. The van der Waals surface area contributed by atoms with Gasteiger partial charge in [-0.2, -0.15) is 0 Å².